The number of methoxy groups -OCH3 is 1. The van der Waals surface area contributed by atoms with Crippen LogP contribution in [0.1, 0.15) is 114 Å². The lowest BCUT2D eigenvalue weighted by Crippen LogP contribution is -2.61. The predicted octanol–water partition coefficient (Wildman–Crippen LogP) is 1.20. The maximum absolute atomic E-state index is 14.6. The molecule has 3 aliphatic heterocycles. The molecule has 3 saturated heterocycles. The van der Waals surface area contributed by atoms with Crippen LogP contribution in [0.25, 0.3) is 0 Å². The second kappa shape index (κ2) is 25.4. The lowest BCUT2D eigenvalue weighted by molar-refractivity contribution is -0.318. The third-order valence-corrected chi connectivity index (χ3v) is 15.1. The van der Waals surface area contributed by atoms with Crippen molar-refractivity contribution >= 4 is 23.8 Å². The smallest absolute Gasteiger partial charge is 0.326 e. The molecule has 0 bridgehead atoms. The number of hydrogen-bond acceptors (Lipinski definition) is 19. The van der Waals surface area contributed by atoms with Crippen LogP contribution in [0.15, 0.2) is 12.5 Å². The third-order valence-electron chi connectivity index (χ3n) is 15.1. The Morgan fingerprint density at radius 1 is 1.03 bits per heavy atom. The molecule has 1 aromatic rings. The van der Waals surface area contributed by atoms with E-state index in [1.165, 1.54) is 27.3 Å². The van der Waals surface area contributed by atoms with Gasteiger partial charge in [0.2, 0.25) is 5.91 Å². The fourth-order valence-corrected chi connectivity index (χ4v) is 10.7. The number of likely N-dealkylation sites (N-methyl/N-ethyl adjacent to an activating group) is 2. The monoisotopic (exact) mass is 1030 g/mol. The molecule has 4 heterocycles. The summed E-state index contributed by atoms with van der Waals surface area (Å²) in [7, 11) is 7.01. The molecule has 22 heteroatoms. The van der Waals surface area contributed by atoms with Gasteiger partial charge in [-0.05, 0) is 102 Å². The van der Waals surface area contributed by atoms with Gasteiger partial charge in [0.25, 0.3) is 0 Å². The summed E-state index contributed by atoms with van der Waals surface area (Å²) in [6, 6.07) is -3.09. The molecule has 72 heavy (non-hydrogen) atoms. The average molecular weight is 1030 g/mol. The zero-order valence-corrected chi connectivity index (χ0v) is 45.2. The van der Waals surface area contributed by atoms with E-state index >= 15 is 0 Å². The molecule has 4 rings (SSSR count). The number of imidazole rings is 1. The van der Waals surface area contributed by atoms with Crippen molar-refractivity contribution in [3.05, 3.63) is 18.2 Å². The first-order valence-corrected chi connectivity index (χ1v) is 25.4. The minimum Gasteiger partial charge on any atom is -0.480 e. The number of carbonyl (C=O) groups is 4. The molecule has 0 spiro atoms. The van der Waals surface area contributed by atoms with Crippen molar-refractivity contribution in [2.24, 2.45) is 23.5 Å². The zero-order valence-electron chi connectivity index (χ0n) is 45.2. The number of ether oxygens (including phenoxy) is 7. The van der Waals surface area contributed by atoms with Gasteiger partial charge in [0.15, 0.2) is 18.7 Å². The summed E-state index contributed by atoms with van der Waals surface area (Å²) in [6.45, 7) is 19.3. The first-order chi connectivity index (χ1) is 33.4. The van der Waals surface area contributed by atoms with Gasteiger partial charge in [-0.25, -0.2) is 9.78 Å². The molecule has 0 radical (unpaired) electrons. The summed E-state index contributed by atoms with van der Waals surface area (Å²) in [4.78, 5) is 60.0. The van der Waals surface area contributed by atoms with Crippen LogP contribution in [0.5, 0.6) is 0 Å². The van der Waals surface area contributed by atoms with Crippen molar-refractivity contribution < 1.29 is 77.9 Å². The van der Waals surface area contributed by atoms with Crippen LogP contribution < -0.4 is 11.1 Å². The molecule has 0 aliphatic carbocycles. The quantitative estimate of drug-likeness (QED) is 0.115. The predicted molar refractivity (Wildman–Crippen MR) is 262 cm³/mol. The number of cyclic esters (lactones) is 1. The van der Waals surface area contributed by atoms with Crippen LogP contribution in [0.4, 0.5) is 0 Å². The number of aliphatic hydroxyl groups is 4. The number of aliphatic hydroxyl groups excluding tert-OH is 2. The number of nitrogens with two attached hydrogens (primary N) is 1. The Morgan fingerprint density at radius 3 is 2.26 bits per heavy atom. The number of carboxylic acids is 1. The standard InChI is InChI=1S/C50H88N6O16/c1-16-36-50(11,65)41(59)31(7)55(14)23-26(2)21-48(9,64)42(72-47-39(58)35(54(12)13)19-27(3)67-47)28(4)40(29(5)46(63)69-36)71-38-22-49(10,66-15)43(32(8)68-38)70-37(57)17-18-56-24-33(52-25-56)20-34(45(61)62)53-44(60)30(6)51/h24-32,34-36,38-43,47,58-59,64-65H,16-23,51H2,1-15H3,(H,53,60)(H,61,62)/t26-,27-,28+,29-,30?,31-,32+,34?,35+,36-,38?,39-,40+,41-,42-,43+,47+,48-,49-,50-/m1/s1. The molecule has 3 fully saturated rings. The number of hydrogen-bond donors (Lipinski definition) is 7. The number of carboxylic acid groups (broad SMARTS) is 1. The summed E-state index contributed by atoms with van der Waals surface area (Å²) in [5.41, 5.74) is 1.23. The van der Waals surface area contributed by atoms with E-state index in [0.29, 0.717) is 18.7 Å². The molecular formula is C50H88N6O16. The van der Waals surface area contributed by atoms with E-state index in [1.54, 1.807) is 59.2 Å². The molecule has 20 atom stereocenters. The number of amides is 1. The summed E-state index contributed by atoms with van der Waals surface area (Å²) >= 11 is 0. The lowest BCUT2D eigenvalue weighted by Gasteiger charge is -2.49. The molecule has 22 nitrogen and oxygen atoms in total. The van der Waals surface area contributed by atoms with E-state index in [9.17, 15) is 44.7 Å². The van der Waals surface area contributed by atoms with Crippen molar-refractivity contribution in [2.45, 2.75) is 224 Å². The van der Waals surface area contributed by atoms with Crippen molar-refractivity contribution in [2.75, 3.05) is 34.8 Å². The number of aryl methyl sites for hydroxylation is 1. The highest BCUT2D eigenvalue weighted by molar-refractivity contribution is 5.86. The maximum atomic E-state index is 14.6. The van der Waals surface area contributed by atoms with E-state index < -0.39 is 126 Å². The van der Waals surface area contributed by atoms with E-state index in [0.717, 1.165) is 0 Å². The van der Waals surface area contributed by atoms with Gasteiger partial charge in [-0.2, -0.15) is 0 Å². The summed E-state index contributed by atoms with van der Waals surface area (Å²) < 4.78 is 46.3. The van der Waals surface area contributed by atoms with Crippen LogP contribution in [-0.2, 0) is 65.3 Å². The van der Waals surface area contributed by atoms with Crippen molar-refractivity contribution in [1.29, 1.82) is 0 Å². The van der Waals surface area contributed by atoms with Gasteiger partial charge in [-0.3, -0.25) is 14.4 Å². The van der Waals surface area contributed by atoms with Crippen LogP contribution in [0.2, 0.25) is 0 Å². The zero-order chi connectivity index (χ0) is 54.4. The highest BCUT2D eigenvalue weighted by Gasteiger charge is 2.54. The van der Waals surface area contributed by atoms with Crippen LogP contribution in [-0.4, -0.2) is 206 Å². The van der Waals surface area contributed by atoms with Gasteiger partial charge >= 0.3 is 17.9 Å². The SMILES string of the molecule is CC[C@H]1OC(=O)[C@H](C)[C@@H](OC2C[C@@](C)(OC)[C@@H](OC(=O)CCn3cnc(CC(NC(=O)C(C)N)C(=O)O)c3)[C@H](C)O2)[C@H](C)[C@@H](O[C@@H]2O[C@H](C)C[C@H](N(C)C)[C@H]2O)[C@](C)(O)C[C@@H](C)CN(C)[C@H](C)[C@@H](O)[C@]1(C)O. The molecular weight excluding hydrogens is 941 g/mol. The second-order valence-electron chi connectivity index (χ2n) is 21.9. The number of nitrogens with zero attached hydrogens (tertiary/aromatic N) is 4. The largest absolute Gasteiger partial charge is 0.480 e. The minimum absolute atomic E-state index is 0.0000133. The third kappa shape index (κ3) is 15.1. The molecule has 0 saturated carbocycles. The number of rotatable bonds is 16. The van der Waals surface area contributed by atoms with Crippen molar-refractivity contribution in [1.82, 2.24) is 24.7 Å². The first kappa shape index (κ1) is 61.2. The summed E-state index contributed by atoms with van der Waals surface area (Å²) in [5.74, 6) is -5.40. The van der Waals surface area contributed by atoms with Crippen molar-refractivity contribution in [3.8, 4) is 0 Å². The number of nitrogens with one attached hydrogen (secondary N) is 1. The topological polar surface area (TPSA) is 296 Å². The Bertz CT molecular complexity index is 1940. The van der Waals surface area contributed by atoms with E-state index in [-0.39, 0.29) is 56.7 Å². The minimum atomic E-state index is -1.87. The number of aliphatic carboxylic acids is 1. The molecule has 1 aromatic heterocycles. The Labute approximate surface area is 425 Å². The van der Waals surface area contributed by atoms with Crippen LogP contribution >= 0.6 is 0 Å². The summed E-state index contributed by atoms with van der Waals surface area (Å²) in [6.07, 6.45) is -6.59. The number of carbonyl (C=O) groups excluding carboxylic acids is 3. The highest BCUT2D eigenvalue weighted by atomic mass is 16.7. The summed E-state index contributed by atoms with van der Waals surface area (Å²) in [5, 5.41) is 60.0. The Morgan fingerprint density at radius 2 is 1.68 bits per heavy atom. The van der Waals surface area contributed by atoms with Crippen molar-refractivity contribution in [3.63, 3.8) is 0 Å². The average Bonchev–Trinajstić information content (AvgIpc) is 3.75. The number of aromatic nitrogens is 2. The number of esters is 2. The van der Waals surface area contributed by atoms with E-state index in [4.69, 9.17) is 38.9 Å². The Hall–Kier alpha value is -3.39. The first-order valence-electron chi connectivity index (χ1n) is 25.4. The molecule has 8 N–H and O–H groups in total. The Kier molecular flexibility index (Phi) is 21.6. The molecule has 414 valence electrons. The van der Waals surface area contributed by atoms with Gasteiger partial charge in [-0.1, -0.05) is 20.8 Å². The van der Waals surface area contributed by atoms with Gasteiger partial charge in [0.05, 0.1) is 60.4 Å². The fourth-order valence-electron chi connectivity index (χ4n) is 10.7. The van der Waals surface area contributed by atoms with Crippen LogP contribution in [0.3, 0.4) is 0 Å². The maximum Gasteiger partial charge on any atom is 0.326 e. The van der Waals surface area contributed by atoms with Gasteiger partial charge < -0.3 is 84.1 Å². The highest BCUT2D eigenvalue weighted by Crippen LogP contribution is 2.41. The van der Waals surface area contributed by atoms with Gasteiger partial charge in [0, 0.05) is 57.2 Å². The second-order valence-corrected chi connectivity index (χ2v) is 21.9. The Balaban J connectivity index is 1.65. The van der Waals surface area contributed by atoms with Crippen LogP contribution in [0, 0.1) is 17.8 Å². The lowest BCUT2D eigenvalue weighted by atomic mass is 9.77. The molecule has 0 aromatic carbocycles. The van der Waals surface area contributed by atoms with Gasteiger partial charge in [0.1, 0.15) is 35.6 Å². The normalized spacial score (nSPS) is 39.8. The fraction of sp³-hybridized carbons (Fsp3) is 0.860. The van der Waals surface area contributed by atoms with Gasteiger partial charge in [-0.15, -0.1) is 0 Å². The molecule has 1 amide bonds. The van der Waals surface area contributed by atoms with E-state index in [2.05, 4.69) is 10.3 Å². The molecule has 3 unspecified atom stereocenters. The van der Waals surface area contributed by atoms with E-state index in [1.807, 2.05) is 44.8 Å². The molecule has 3 aliphatic rings.